The number of halogens is 5. The van der Waals surface area contributed by atoms with Gasteiger partial charge in [0.15, 0.2) is 29.9 Å². The van der Waals surface area contributed by atoms with Crippen LogP contribution in [0.3, 0.4) is 0 Å². The summed E-state index contributed by atoms with van der Waals surface area (Å²) >= 11 is 0. The predicted molar refractivity (Wildman–Crippen MR) is 89.4 cm³/mol. The molecule has 0 spiro atoms. The van der Waals surface area contributed by atoms with Crippen molar-refractivity contribution >= 4 is 17.6 Å². The van der Waals surface area contributed by atoms with E-state index in [1.54, 1.807) is 19.9 Å². The molecular weight excluding hydrogens is 387 g/mol. The zero-order chi connectivity index (χ0) is 21.3. The Morgan fingerprint density at radius 1 is 1.00 bits per heavy atom. The Bertz CT molecular complexity index is 924. The monoisotopic (exact) mass is 404 g/mol. The first kappa shape index (κ1) is 21.4. The Labute approximate surface area is 157 Å². The third-order valence-corrected chi connectivity index (χ3v) is 4.03. The number of carbonyl (C=O) groups excluding carboxylic acids is 2. The molecule has 1 heterocycles. The molecule has 1 amide bonds. The number of nitrogens with zero attached hydrogens (tertiary/aromatic N) is 1. The van der Waals surface area contributed by atoms with Crippen molar-refractivity contribution in [2.75, 3.05) is 11.9 Å². The highest BCUT2D eigenvalue weighted by atomic mass is 19.2. The van der Waals surface area contributed by atoms with Crippen LogP contribution in [0, 0.1) is 42.9 Å². The number of anilines is 1. The number of ether oxygens (including phenoxy) is 1. The summed E-state index contributed by atoms with van der Waals surface area (Å²) in [6, 6.07) is 1.62. The topological polar surface area (TPSA) is 60.3 Å². The molecule has 5 nitrogen and oxygen atoms in total. The fourth-order valence-electron chi connectivity index (χ4n) is 2.88. The van der Waals surface area contributed by atoms with Gasteiger partial charge in [-0.1, -0.05) is 0 Å². The molecule has 0 radical (unpaired) electrons. The molecule has 10 heteroatoms. The lowest BCUT2D eigenvalue weighted by molar-refractivity contribution is -0.119. The summed E-state index contributed by atoms with van der Waals surface area (Å²) in [5.41, 5.74) is 0.0497. The van der Waals surface area contributed by atoms with E-state index in [1.807, 2.05) is 18.4 Å². The number of esters is 1. The zero-order valence-electron chi connectivity index (χ0n) is 15.4. The highest BCUT2D eigenvalue weighted by molar-refractivity contribution is 5.96. The van der Waals surface area contributed by atoms with Crippen molar-refractivity contribution in [1.82, 2.24) is 4.57 Å². The van der Waals surface area contributed by atoms with Gasteiger partial charge in [0.05, 0.1) is 5.56 Å². The fraction of sp³-hybridized carbons (Fsp3) is 0.333. The van der Waals surface area contributed by atoms with Crippen molar-refractivity contribution in [2.45, 2.75) is 33.7 Å². The number of carbonyl (C=O) groups is 2. The third-order valence-electron chi connectivity index (χ3n) is 4.03. The van der Waals surface area contributed by atoms with Crippen molar-refractivity contribution < 1.29 is 36.3 Å². The van der Waals surface area contributed by atoms with Crippen LogP contribution in [0.5, 0.6) is 0 Å². The SMILES string of the molecule is Cc1cc(C(=O)OCC(=O)Nc2c(F)c(F)c(F)c(F)c2F)c(C)n1C(C)C. The maximum atomic E-state index is 13.6. The molecule has 1 N–H and O–H groups in total. The fourth-order valence-corrected chi connectivity index (χ4v) is 2.88. The normalized spacial score (nSPS) is 11.1. The molecule has 0 aliphatic rings. The summed E-state index contributed by atoms with van der Waals surface area (Å²) < 4.78 is 73.0. The first-order valence-corrected chi connectivity index (χ1v) is 8.14. The molecule has 0 atom stereocenters. The van der Waals surface area contributed by atoms with Gasteiger partial charge >= 0.3 is 5.97 Å². The Morgan fingerprint density at radius 2 is 1.50 bits per heavy atom. The molecule has 0 saturated heterocycles. The van der Waals surface area contributed by atoms with E-state index in [4.69, 9.17) is 4.74 Å². The van der Waals surface area contributed by atoms with Crippen LogP contribution in [0.2, 0.25) is 0 Å². The summed E-state index contributed by atoms with van der Waals surface area (Å²) in [6.07, 6.45) is 0. The number of benzene rings is 1. The number of hydrogen-bond donors (Lipinski definition) is 1. The highest BCUT2D eigenvalue weighted by Gasteiger charge is 2.27. The van der Waals surface area contributed by atoms with Gasteiger partial charge in [-0.3, -0.25) is 4.79 Å². The minimum atomic E-state index is -2.35. The van der Waals surface area contributed by atoms with Crippen LogP contribution in [0.1, 0.15) is 41.6 Å². The van der Waals surface area contributed by atoms with Gasteiger partial charge in [-0.25, -0.2) is 26.7 Å². The van der Waals surface area contributed by atoms with E-state index >= 15 is 0 Å². The molecule has 152 valence electrons. The third kappa shape index (κ3) is 3.85. The lowest BCUT2D eigenvalue weighted by Gasteiger charge is -2.13. The van der Waals surface area contributed by atoms with E-state index in [1.165, 1.54) is 5.32 Å². The van der Waals surface area contributed by atoms with Crippen LogP contribution >= 0.6 is 0 Å². The van der Waals surface area contributed by atoms with Crippen LogP contribution in [0.15, 0.2) is 6.07 Å². The molecule has 1 aromatic carbocycles. The number of nitrogens with one attached hydrogen (secondary N) is 1. The van der Waals surface area contributed by atoms with Crippen LogP contribution in [-0.2, 0) is 9.53 Å². The van der Waals surface area contributed by atoms with Crippen LogP contribution in [0.4, 0.5) is 27.6 Å². The maximum absolute atomic E-state index is 13.6. The molecule has 2 aromatic rings. The van der Waals surface area contributed by atoms with Gasteiger partial charge in [-0.15, -0.1) is 0 Å². The van der Waals surface area contributed by atoms with Crippen molar-refractivity contribution in [3.05, 3.63) is 52.1 Å². The van der Waals surface area contributed by atoms with Gasteiger partial charge in [0, 0.05) is 17.4 Å². The van der Waals surface area contributed by atoms with E-state index in [0.29, 0.717) is 5.69 Å². The predicted octanol–water partition coefficient (Wildman–Crippen LogP) is 4.18. The van der Waals surface area contributed by atoms with E-state index in [0.717, 1.165) is 5.69 Å². The van der Waals surface area contributed by atoms with E-state index in [2.05, 4.69) is 0 Å². The molecule has 2 rings (SSSR count). The standard InChI is InChI=1S/C18H17F5N2O3/c1-7(2)25-8(3)5-10(9(25)4)18(27)28-6-11(26)24-17-15(22)13(20)12(19)14(21)16(17)23/h5,7H,6H2,1-4H3,(H,24,26). The summed E-state index contributed by atoms with van der Waals surface area (Å²) in [5.74, 6) is -13.3. The summed E-state index contributed by atoms with van der Waals surface area (Å²) in [7, 11) is 0. The summed E-state index contributed by atoms with van der Waals surface area (Å²) in [6.45, 7) is 6.29. The highest BCUT2D eigenvalue weighted by Crippen LogP contribution is 2.27. The molecule has 0 bridgehead atoms. The second kappa shape index (κ2) is 7.99. The van der Waals surface area contributed by atoms with Crippen molar-refractivity contribution in [3.63, 3.8) is 0 Å². The van der Waals surface area contributed by atoms with Gasteiger partial charge in [-0.05, 0) is 33.8 Å². The van der Waals surface area contributed by atoms with Crippen molar-refractivity contribution in [1.29, 1.82) is 0 Å². The van der Waals surface area contributed by atoms with E-state index < -0.39 is 53.3 Å². The summed E-state index contributed by atoms with van der Waals surface area (Å²) in [5, 5.41) is 1.53. The Morgan fingerprint density at radius 3 is 1.96 bits per heavy atom. The van der Waals surface area contributed by atoms with Crippen molar-refractivity contribution in [2.24, 2.45) is 0 Å². The second-order valence-corrected chi connectivity index (χ2v) is 6.32. The maximum Gasteiger partial charge on any atom is 0.340 e. The van der Waals surface area contributed by atoms with Gasteiger partial charge in [0.2, 0.25) is 5.82 Å². The lowest BCUT2D eigenvalue weighted by Crippen LogP contribution is -2.23. The Balaban J connectivity index is 2.12. The van der Waals surface area contributed by atoms with Crippen molar-refractivity contribution in [3.8, 4) is 0 Å². The molecule has 1 aromatic heterocycles. The van der Waals surface area contributed by atoms with Gasteiger partial charge in [0.1, 0.15) is 5.69 Å². The zero-order valence-corrected chi connectivity index (χ0v) is 15.4. The molecule has 0 aliphatic carbocycles. The minimum Gasteiger partial charge on any atom is -0.452 e. The minimum absolute atomic E-state index is 0.0686. The molecule has 0 fully saturated rings. The van der Waals surface area contributed by atoms with Crippen LogP contribution in [-0.4, -0.2) is 23.1 Å². The van der Waals surface area contributed by atoms with Gasteiger partial charge in [0.25, 0.3) is 5.91 Å². The first-order chi connectivity index (χ1) is 13.0. The summed E-state index contributed by atoms with van der Waals surface area (Å²) in [4.78, 5) is 23.9. The number of aromatic nitrogens is 1. The van der Waals surface area contributed by atoms with E-state index in [9.17, 15) is 31.5 Å². The molecule has 28 heavy (non-hydrogen) atoms. The number of rotatable bonds is 5. The second-order valence-electron chi connectivity index (χ2n) is 6.32. The van der Waals surface area contributed by atoms with Gasteiger partial charge in [-0.2, -0.15) is 0 Å². The Hall–Kier alpha value is -2.91. The Kier molecular flexibility index (Phi) is 6.10. The first-order valence-electron chi connectivity index (χ1n) is 8.14. The number of aryl methyl sites for hydroxylation is 1. The van der Waals surface area contributed by atoms with Crippen LogP contribution in [0.25, 0.3) is 0 Å². The smallest absolute Gasteiger partial charge is 0.340 e. The molecule has 0 aliphatic heterocycles. The number of amides is 1. The lowest BCUT2D eigenvalue weighted by atomic mass is 10.2. The number of hydrogen-bond acceptors (Lipinski definition) is 3. The molecule has 0 saturated carbocycles. The van der Waals surface area contributed by atoms with Crippen LogP contribution < -0.4 is 5.32 Å². The molecular formula is C18H17F5N2O3. The van der Waals surface area contributed by atoms with E-state index in [-0.39, 0.29) is 11.6 Å². The average Bonchev–Trinajstić information content (AvgIpc) is 2.94. The quantitative estimate of drug-likeness (QED) is 0.352. The average molecular weight is 404 g/mol. The molecule has 0 unspecified atom stereocenters. The largest absolute Gasteiger partial charge is 0.452 e. The van der Waals surface area contributed by atoms with Gasteiger partial charge < -0.3 is 14.6 Å².